The van der Waals surface area contributed by atoms with Crippen LogP contribution in [0, 0.1) is 6.92 Å². The summed E-state index contributed by atoms with van der Waals surface area (Å²) in [5, 5.41) is 6.36. The number of nitrogens with one attached hydrogen (secondary N) is 2. The average Bonchev–Trinajstić information content (AvgIpc) is 2.68. The van der Waals surface area contributed by atoms with Crippen molar-refractivity contribution in [3.05, 3.63) is 95.3 Å². The van der Waals surface area contributed by atoms with Crippen molar-refractivity contribution in [3.8, 4) is 0 Å². The zero-order valence-corrected chi connectivity index (χ0v) is 15.1. The molecule has 2 N–H and O–H groups in total. The molecule has 1 heterocycles. The van der Waals surface area contributed by atoms with E-state index < -0.39 is 0 Å². The molecule has 1 unspecified atom stereocenters. The SMILES string of the molecule is Cc1ccccc1CNc1cncc(C(=O)NC(C)c2ccccc2)c1. The second kappa shape index (κ2) is 8.30. The third-order valence-electron chi connectivity index (χ3n) is 4.39. The Hall–Kier alpha value is -3.14. The van der Waals surface area contributed by atoms with Crippen LogP contribution in [0.5, 0.6) is 0 Å². The van der Waals surface area contributed by atoms with Gasteiger partial charge in [-0.3, -0.25) is 9.78 Å². The van der Waals surface area contributed by atoms with E-state index in [0.717, 1.165) is 11.3 Å². The van der Waals surface area contributed by atoms with E-state index >= 15 is 0 Å². The maximum absolute atomic E-state index is 12.5. The van der Waals surface area contributed by atoms with Crippen molar-refractivity contribution in [2.45, 2.75) is 26.4 Å². The fourth-order valence-corrected chi connectivity index (χ4v) is 2.77. The summed E-state index contributed by atoms with van der Waals surface area (Å²) < 4.78 is 0. The Morgan fingerprint density at radius 2 is 1.77 bits per heavy atom. The van der Waals surface area contributed by atoms with E-state index in [0.29, 0.717) is 12.1 Å². The number of rotatable bonds is 6. The summed E-state index contributed by atoms with van der Waals surface area (Å²) in [4.78, 5) is 16.7. The van der Waals surface area contributed by atoms with Gasteiger partial charge in [-0.2, -0.15) is 0 Å². The maximum atomic E-state index is 12.5. The van der Waals surface area contributed by atoms with Crippen molar-refractivity contribution in [2.75, 3.05) is 5.32 Å². The maximum Gasteiger partial charge on any atom is 0.253 e. The predicted molar refractivity (Wildman–Crippen MR) is 105 cm³/mol. The van der Waals surface area contributed by atoms with E-state index in [1.807, 2.05) is 55.5 Å². The molecule has 1 amide bonds. The molecule has 4 nitrogen and oxygen atoms in total. The summed E-state index contributed by atoms with van der Waals surface area (Å²) in [7, 11) is 0. The van der Waals surface area contributed by atoms with Crippen molar-refractivity contribution in [1.82, 2.24) is 10.3 Å². The smallest absolute Gasteiger partial charge is 0.253 e. The normalized spacial score (nSPS) is 11.6. The van der Waals surface area contributed by atoms with Crippen molar-refractivity contribution in [3.63, 3.8) is 0 Å². The predicted octanol–water partition coefficient (Wildman–Crippen LogP) is 4.49. The van der Waals surface area contributed by atoms with E-state index in [4.69, 9.17) is 0 Å². The molecule has 0 aliphatic heterocycles. The molecule has 2 aromatic carbocycles. The number of pyridine rings is 1. The van der Waals surface area contributed by atoms with Crippen LogP contribution in [0.4, 0.5) is 5.69 Å². The first kappa shape index (κ1) is 17.7. The van der Waals surface area contributed by atoms with E-state index in [1.54, 1.807) is 12.4 Å². The number of anilines is 1. The molecule has 0 bridgehead atoms. The van der Waals surface area contributed by atoms with Crippen molar-refractivity contribution >= 4 is 11.6 Å². The van der Waals surface area contributed by atoms with Gasteiger partial charge >= 0.3 is 0 Å². The van der Waals surface area contributed by atoms with Gasteiger partial charge in [0, 0.05) is 18.9 Å². The topological polar surface area (TPSA) is 54.0 Å². The zero-order chi connectivity index (χ0) is 18.4. The van der Waals surface area contributed by atoms with Crippen LogP contribution in [0.2, 0.25) is 0 Å². The standard InChI is InChI=1S/C22H23N3O/c1-16-8-6-7-11-19(16)14-24-21-12-20(13-23-15-21)22(26)25-17(2)18-9-4-3-5-10-18/h3-13,15,17,24H,14H2,1-2H3,(H,25,26). The molecule has 4 heteroatoms. The summed E-state index contributed by atoms with van der Waals surface area (Å²) in [5.41, 5.74) is 4.90. The fourth-order valence-electron chi connectivity index (χ4n) is 2.77. The number of amides is 1. The second-order valence-electron chi connectivity index (χ2n) is 6.35. The molecule has 3 aromatic rings. The molecule has 0 saturated heterocycles. The van der Waals surface area contributed by atoms with Crippen molar-refractivity contribution in [2.24, 2.45) is 0 Å². The fraction of sp³-hybridized carbons (Fsp3) is 0.182. The Morgan fingerprint density at radius 1 is 1.04 bits per heavy atom. The molecule has 1 atom stereocenters. The lowest BCUT2D eigenvalue weighted by Crippen LogP contribution is -2.26. The van der Waals surface area contributed by atoms with Gasteiger partial charge in [0.25, 0.3) is 5.91 Å². The Morgan fingerprint density at radius 3 is 2.54 bits per heavy atom. The number of benzene rings is 2. The van der Waals surface area contributed by atoms with Crippen LogP contribution in [0.15, 0.2) is 73.1 Å². The molecular weight excluding hydrogens is 322 g/mol. The monoisotopic (exact) mass is 345 g/mol. The van der Waals surface area contributed by atoms with Gasteiger partial charge in [-0.15, -0.1) is 0 Å². The first-order valence-electron chi connectivity index (χ1n) is 8.73. The summed E-state index contributed by atoms with van der Waals surface area (Å²) in [5.74, 6) is -0.131. The van der Waals surface area contributed by atoms with Crippen LogP contribution in [-0.2, 0) is 6.54 Å². The summed E-state index contributed by atoms with van der Waals surface area (Å²) >= 11 is 0. The third-order valence-corrected chi connectivity index (χ3v) is 4.39. The molecule has 0 radical (unpaired) electrons. The van der Waals surface area contributed by atoms with Crippen LogP contribution in [-0.4, -0.2) is 10.9 Å². The minimum absolute atomic E-state index is 0.0627. The summed E-state index contributed by atoms with van der Waals surface area (Å²) in [6, 6.07) is 19.9. The lowest BCUT2D eigenvalue weighted by molar-refractivity contribution is 0.0939. The van der Waals surface area contributed by atoms with Crippen LogP contribution >= 0.6 is 0 Å². The molecule has 0 aliphatic rings. The minimum atomic E-state index is -0.131. The number of hydrogen-bond acceptors (Lipinski definition) is 3. The second-order valence-corrected chi connectivity index (χ2v) is 6.35. The first-order chi connectivity index (χ1) is 12.6. The largest absolute Gasteiger partial charge is 0.380 e. The number of carbonyl (C=O) groups excluding carboxylic acids is 1. The Bertz CT molecular complexity index is 877. The highest BCUT2D eigenvalue weighted by Crippen LogP contribution is 2.15. The molecule has 0 saturated carbocycles. The van der Waals surface area contributed by atoms with Crippen LogP contribution in [0.3, 0.4) is 0 Å². The van der Waals surface area contributed by atoms with Crippen LogP contribution in [0.1, 0.15) is 40.0 Å². The molecule has 1 aromatic heterocycles. The van der Waals surface area contributed by atoms with Crippen molar-refractivity contribution in [1.29, 1.82) is 0 Å². The van der Waals surface area contributed by atoms with Crippen molar-refractivity contribution < 1.29 is 4.79 Å². The van der Waals surface area contributed by atoms with Crippen LogP contribution in [0.25, 0.3) is 0 Å². The first-order valence-corrected chi connectivity index (χ1v) is 8.73. The van der Waals surface area contributed by atoms with Gasteiger partial charge in [-0.1, -0.05) is 54.6 Å². The molecule has 132 valence electrons. The highest BCUT2D eigenvalue weighted by molar-refractivity contribution is 5.94. The molecule has 26 heavy (non-hydrogen) atoms. The Balaban J connectivity index is 1.65. The van der Waals surface area contributed by atoms with Gasteiger partial charge in [0.1, 0.15) is 0 Å². The van der Waals surface area contributed by atoms with Gasteiger partial charge in [0.15, 0.2) is 0 Å². The number of carbonyl (C=O) groups is 1. The zero-order valence-electron chi connectivity index (χ0n) is 15.1. The van der Waals surface area contributed by atoms with Gasteiger partial charge < -0.3 is 10.6 Å². The molecule has 0 aliphatic carbocycles. The molecule has 0 spiro atoms. The number of aromatic nitrogens is 1. The number of aryl methyl sites for hydroxylation is 1. The number of nitrogens with zero attached hydrogens (tertiary/aromatic N) is 1. The van der Waals surface area contributed by atoms with Gasteiger partial charge in [0.05, 0.1) is 17.3 Å². The van der Waals surface area contributed by atoms with E-state index in [-0.39, 0.29) is 11.9 Å². The highest BCUT2D eigenvalue weighted by atomic mass is 16.1. The van der Waals surface area contributed by atoms with E-state index in [1.165, 1.54) is 11.1 Å². The van der Waals surface area contributed by atoms with E-state index in [9.17, 15) is 4.79 Å². The van der Waals surface area contributed by atoms with Gasteiger partial charge in [0.2, 0.25) is 0 Å². The third kappa shape index (κ3) is 4.48. The summed E-state index contributed by atoms with van der Waals surface area (Å²) in [6.45, 7) is 4.75. The average molecular weight is 345 g/mol. The van der Waals surface area contributed by atoms with Crippen LogP contribution < -0.4 is 10.6 Å². The molecule has 0 fully saturated rings. The lowest BCUT2D eigenvalue weighted by Gasteiger charge is -2.15. The Kier molecular flexibility index (Phi) is 5.64. The minimum Gasteiger partial charge on any atom is -0.380 e. The quantitative estimate of drug-likeness (QED) is 0.692. The Labute approximate surface area is 154 Å². The molecular formula is C22H23N3O. The van der Waals surface area contributed by atoms with Gasteiger partial charge in [-0.25, -0.2) is 0 Å². The van der Waals surface area contributed by atoms with E-state index in [2.05, 4.69) is 34.7 Å². The highest BCUT2D eigenvalue weighted by Gasteiger charge is 2.12. The number of hydrogen-bond donors (Lipinski definition) is 2. The lowest BCUT2D eigenvalue weighted by atomic mass is 10.1. The van der Waals surface area contributed by atoms with Gasteiger partial charge in [-0.05, 0) is 36.6 Å². The summed E-state index contributed by atoms with van der Waals surface area (Å²) in [6.07, 6.45) is 3.32. The molecule has 3 rings (SSSR count).